The molecule has 0 heterocycles. The highest BCUT2D eigenvalue weighted by Gasteiger charge is 2.29. The fraction of sp³-hybridized carbons (Fsp3) is 0.481. The van der Waals surface area contributed by atoms with Crippen molar-refractivity contribution in [1.29, 1.82) is 0 Å². The second kappa shape index (κ2) is 10.7. The Balaban J connectivity index is 1.64. The van der Waals surface area contributed by atoms with Gasteiger partial charge in [-0.15, -0.1) is 0 Å². The molecule has 0 spiro atoms. The molecule has 0 bridgehead atoms. The number of nitrogens with one attached hydrogen (secondary N) is 1. The van der Waals surface area contributed by atoms with Crippen molar-refractivity contribution in [3.05, 3.63) is 71.8 Å². The maximum atomic E-state index is 10.9. The molecule has 0 aliphatic heterocycles. The summed E-state index contributed by atoms with van der Waals surface area (Å²) in [6.07, 6.45) is 11.0. The molecule has 3 rings (SSSR count). The summed E-state index contributed by atoms with van der Waals surface area (Å²) in [5.41, 5.74) is 1.96. The highest BCUT2D eigenvalue weighted by Crippen LogP contribution is 2.44. The average molecular weight is 408 g/mol. The normalized spacial score (nSPS) is 19.4. The largest absolute Gasteiger partial charge is 0.507 e. The first kappa shape index (κ1) is 22.4. The van der Waals surface area contributed by atoms with E-state index >= 15 is 0 Å². The molecule has 2 atom stereocenters. The molecular formula is C27H37NO2. The maximum absolute atomic E-state index is 10.9. The number of phenolic OH excluding ortho intramolecular Hbond substituents is 1. The van der Waals surface area contributed by atoms with E-state index < -0.39 is 0 Å². The van der Waals surface area contributed by atoms with Crippen molar-refractivity contribution in [3.63, 3.8) is 0 Å². The van der Waals surface area contributed by atoms with Gasteiger partial charge in [-0.05, 0) is 88.2 Å². The Labute approximate surface area is 182 Å². The summed E-state index contributed by atoms with van der Waals surface area (Å²) in [5, 5.41) is 14.1. The molecular weight excluding hydrogens is 370 g/mol. The third kappa shape index (κ3) is 6.12. The third-order valence-corrected chi connectivity index (χ3v) is 6.12. The van der Waals surface area contributed by atoms with E-state index in [4.69, 9.17) is 4.74 Å². The van der Waals surface area contributed by atoms with Crippen molar-refractivity contribution in [3.8, 4) is 11.5 Å². The molecule has 1 saturated carbocycles. The van der Waals surface area contributed by atoms with Gasteiger partial charge in [0.15, 0.2) is 0 Å². The molecule has 2 N–H and O–H groups in total. The van der Waals surface area contributed by atoms with E-state index in [1.165, 1.54) is 12.8 Å². The molecule has 3 nitrogen and oxygen atoms in total. The van der Waals surface area contributed by atoms with Gasteiger partial charge in [0, 0.05) is 6.42 Å². The zero-order valence-corrected chi connectivity index (χ0v) is 18.7. The van der Waals surface area contributed by atoms with Crippen LogP contribution in [0.5, 0.6) is 11.5 Å². The van der Waals surface area contributed by atoms with Gasteiger partial charge in [-0.1, -0.05) is 55.0 Å². The zero-order chi connectivity index (χ0) is 21.4. The average Bonchev–Trinajstić information content (AvgIpc) is 3.18. The van der Waals surface area contributed by atoms with E-state index in [1.54, 1.807) is 0 Å². The van der Waals surface area contributed by atoms with Crippen molar-refractivity contribution >= 4 is 0 Å². The number of benzene rings is 2. The maximum Gasteiger partial charge on any atom is 0.122 e. The predicted octanol–water partition coefficient (Wildman–Crippen LogP) is 6.23. The Bertz CT molecular complexity index is 813. The van der Waals surface area contributed by atoms with Crippen molar-refractivity contribution in [2.24, 2.45) is 5.92 Å². The lowest BCUT2D eigenvalue weighted by atomic mass is 9.86. The molecule has 2 aromatic rings. The van der Waals surface area contributed by atoms with Crippen LogP contribution in [-0.4, -0.2) is 24.3 Å². The van der Waals surface area contributed by atoms with Crippen LogP contribution in [0.25, 0.3) is 0 Å². The van der Waals surface area contributed by atoms with Crippen LogP contribution in [-0.2, 0) is 6.42 Å². The minimum Gasteiger partial charge on any atom is -0.507 e. The summed E-state index contributed by atoms with van der Waals surface area (Å²) in [4.78, 5) is 0. The summed E-state index contributed by atoms with van der Waals surface area (Å²) in [6, 6.07) is 16.3. The first-order valence-electron chi connectivity index (χ1n) is 11.4. The molecule has 0 aromatic heterocycles. The van der Waals surface area contributed by atoms with Gasteiger partial charge in [0.25, 0.3) is 0 Å². The monoisotopic (exact) mass is 407 g/mol. The molecule has 1 unspecified atom stereocenters. The highest BCUT2D eigenvalue weighted by atomic mass is 16.5. The van der Waals surface area contributed by atoms with Crippen LogP contribution in [0.3, 0.4) is 0 Å². The quantitative estimate of drug-likeness (QED) is 0.362. The first-order valence-corrected chi connectivity index (χ1v) is 11.4. The van der Waals surface area contributed by atoms with E-state index in [0.29, 0.717) is 17.6 Å². The summed E-state index contributed by atoms with van der Waals surface area (Å²) < 4.78 is 6.16. The summed E-state index contributed by atoms with van der Waals surface area (Å²) in [6.45, 7) is 5.24. The Morgan fingerprint density at radius 1 is 1.10 bits per heavy atom. The number of hydrogen-bond donors (Lipinski definition) is 2. The van der Waals surface area contributed by atoms with E-state index in [2.05, 4.69) is 49.5 Å². The summed E-state index contributed by atoms with van der Waals surface area (Å²) in [7, 11) is 1.97. The first-order chi connectivity index (χ1) is 14.5. The molecule has 0 amide bonds. The van der Waals surface area contributed by atoms with Crippen LogP contribution in [0.15, 0.2) is 60.7 Å². The van der Waals surface area contributed by atoms with Crippen LogP contribution in [0.4, 0.5) is 0 Å². The number of aromatic hydroxyl groups is 1. The lowest BCUT2D eigenvalue weighted by Crippen LogP contribution is -2.27. The van der Waals surface area contributed by atoms with Crippen LogP contribution < -0.4 is 10.1 Å². The predicted molar refractivity (Wildman–Crippen MR) is 125 cm³/mol. The van der Waals surface area contributed by atoms with Gasteiger partial charge in [-0.3, -0.25) is 0 Å². The van der Waals surface area contributed by atoms with Gasteiger partial charge < -0.3 is 15.2 Å². The number of hydrogen-bond acceptors (Lipinski definition) is 3. The Morgan fingerprint density at radius 3 is 2.67 bits per heavy atom. The van der Waals surface area contributed by atoms with Gasteiger partial charge in [0.05, 0.1) is 0 Å². The second-order valence-corrected chi connectivity index (χ2v) is 9.07. The topological polar surface area (TPSA) is 41.5 Å². The Hall–Kier alpha value is -2.26. The molecule has 2 aromatic carbocycles. The highest BCUT2D eigenvalue weighted by molar-refractivity contribution is 5.43. The van der Waals surface area contributed by atoms with E-state index in [1.807, 2.05) is 37.4 Å². The molecule has 3 heteroatoms. The van der Waals surface area contributed by atoms with Crippen molar-refractivity contribution in [1.82, 2.24) is 5.32 Å². The van der Waals surface area contributed by atoms with Crippen LogP contribution >= 0.6 is 0 Å². The second-order valence-electron chi connectivity index (χ2n) is 9.07. The van der Waals surface area contributed by atoms with Gasteiger partial charge in [-0.25, -0.2) is 0 Å². The smallest absolute Gasteiger partial charge is 0.122 e. The van der Waals surface area contributed by atoms with E-state index in [-0.39, 0.29) is 5.60 Å². The molecule has 1 aliphatic carbocycles. The number of ether oxygens (including phenoxy) is 1. The molecule has 0 radical (unpaired) electrons. The number of aryl methyl sites for hydroxylation is 1. The molecule has 1 fully saturated rings. The van der Waals surface area contributed by atoms with E-state index in [0.717, 1.165) is 49.1 Å². The fourth-order valence-corrected chi connectivity index (χ4v) is 4.55. The number of rotatable bonds is 10. The molecule has 30 heavy (non-hydrogen) atoms. The van der Waals surface area contributed by atoms with E-state index in [9.17, 15) is 5.11 Å². The van der Waals surface area contributed by atoms with Crippen LogP contribution in [0.1, 0.15) is 63.0 Å². The molecule has 162 valence electrons. The number of para-hydroxylation sites is 2. The van der Waals surface area contributed by atoms with Crippen LogP contribution in [0.2, 0.25) is 0 Å². The zero-order valence-electron chi connectivity index (χ0n) is 18.7. The lowest BCUT2D eigenvalue weighted by molar-refractivity contribution is 0.113. The number of allylic oxidation sites excluding steroid dienone is 1. The fourth-order valence-electron chi connectivity index (χ4n) is 4.55. The van der Waals surface area contributed by atoms with Crippen LogP contribution in [0, 0.1) is 5.92 Å². The van der Waals surface area contributed by atoms with Crippen molar-refractivity contribution < 1.29 is 9.84 Å². The Kier molecular flexibility index (Phi) is 7.98. The Morgan fingerprint density at radius 2 is 1.90 bits per heavy atom. The van der Waals surface area contributed by atoms with Gasteiger partial charge >= 0.3 is 0 Å². The summed E-state index contributed by atoms with van der Waals surface area (Å²) >= 11 is 0. The van der Waals surface area contributed by atoms with Crippen molar-refractivity contribution in [2.45, 2.75) is 63.9 Å². The van der Waals surface area contributed by atoms with Gasteiger partial charge in [0.2, 0.25) is 0 Å². The molecule has 1 aliphatic rings. The minimum atomic E-state index is -0.249. The minimum absolute atomic E-state index is 0.249. The van der Waals surface area contributed by atoms with Gasteiger partial charge in [-0.2, -0.15) is 0 Å². The van der Waals surface area contributed by atoms with Gasteiger partial charge in [0.1, 0.15) is 17.1 Å². The summed E-state index contributed by atoms with van der Waals surface area (Å²) in [5.74, 6) is 2.32. The lowest BCUT2D eigenvalue weighted by Gasteiger charge is -2.25. The molecule has 0 saturated heterocycles. The standard InChI is InChI=1S/C27H37NO2/c1-27(2,30-23-15-5-4-6-16-23)19-9-13-21-11-7-17-24(21)25-18-8-12-22(26(25)29)14-10-20-28-3/h4-6,8-9,12-13,15-16,18,21,24,28-29H,7,10-11,14,17,19-20H2,1-3H3/b13-9+/t21?,24-/m0/s1. The van der Waals surface area contributed by atoms with Crippen molar-refractivity contribution in [2.75, 3.05) is 13.6 Å². The number of phenols is 1. The SMILES string of the molecule is CNCCCc1cccc([C@H]2CCCC2/C=C/CC(C)(C)Oc2ccccc2)c1O. The third-order valence-electron chi connectivity index (χ3n) is 6.12.